The fourth-order valence-corrected chi connectivity index (χ4v) is 4.44. The summed E-state index contributed by atoms with van der Waals surface area (Å²) in [6.07, 6.45) is 3.99. The van der Waals surface area contributed by atoms with Crippen LogP contribution in [-0.2, 0) is 19.6 Å². The Morgan fingerprint density at radius 2 is 1.78 bits per heavy atom. The SMILES string of the molecule is NS(=O)(=O)c1cc(C(=O)OCC(=O)Nc2ccccc2C(=O)NC2CCCC2)ccc1Cl. The van der Waals surface area contributed by atoms with Gasteiger partial charge in [-0.2, -0.15) is 0 Å². The zero-order chi connectivity index (χ0) is 23.3. The second-order valence-corrected chi connectivity index (χ2v) is 9.25. The summed E-state index contributed by atoms with van der Waals surface area (Å²) < 4.78 is 28.0. The number of esters is 1. The Labute approximate surface area is 190 Å². The van der Waals surface area contributed by atoms with Crippen molar-refractivity contribution < 1.29 is 27.5 Å². The van der Waals surface area contributed by atoms with Gasteiger partial charge in [-0.1, -0.05) is 36.6 Å². The molecule has 2 aromatic rings. The third-order valence-corrected chi connectivity index (χ3v) is 6.34. The number of nitrogens with two attached hydrogens (primary N) is 1. The minimum absolute atomic E-state index is 0.119. The highest BCUT2D eigenvalue weighted by molar-refractivity contribution is 7.89. The van der Waals surface area contributed by atoms with Gasteiger partial charge in [0.15, 0.2) is 6.61 Å². The van der Waals surface area contributed by atoms with E-state index in [0.717, 1.165) is 31.7 Å². The molecule has 1 aliphatic carbocycles. The Kier molecular flexibility index (Phi) is 7.49. The smallest absolute Gasteiger partial charge is 0.338 e. The molecule has 0 spiro atoms. The second kappa shape index (κ2) is 10.1. The highest BCUT2D eigenvalue weighted by Gasteiger charge is 2.21. The van der Waals surface area contributed by atoms with Crippen LogP contribution in [0.1, 0.15) is 46.4 Å². The van der Waals surface area contributed by atoms with Crippen LogP contribution < -0.4 is 15.8 Å². The molecule has 0 radical (unpaired) electrons. The van der Waals surface area contributed by atoms with Crippen molar-refractivity contribution in [2.45, 2.75) is 36.6 Å². The molecule has 1 aliphatic rings. The highest BCUT2D eigenvalue weighted by atomic mass is 35.5. The Bertz CT molecular complexity index is 1150. The summed E-state index contributed by atoms with van der Waals surface area (Å²) in [6.45, 7) is -0.648. The average molecular weight is 480 g/mol. The van der Waals surface area contributed by atoms with Crippen molar-refractivity contribution in [2.75, 3.05) is 11.9 Å². The normalized spacial score (nSPS) is 14.1. The molecule has 4 N–H and O–H groups in total. The van der Waals surface area contributed by atoms with Gasteiger partial charge in [0.2, 0.25) is 10.0 Å². The van der Waals surface area contributed by atoms with Crippen molar-refractivity contribution in [3.8, 4) is 0 Å². The van der Waals surface area contributed by atoms with Crippen LogP contribution in [0.2, 0.25) is 5.02 Å². The number of hydrogen-bond donors (Lipinski definition) is 3. The van der Waals surface area contributed by atoms with Crippen LogP contribution in [0.15, 0.2) is 47.4 Å². The van der Waals surface area contributed by atoms with E-state index in [9.17, 15) is 22.8 Å². The largest absolute Gasteiger partial charge is 0.452 e. The maximum absolute atomic E-state index is 12.6. The number of para-hydroxylation sites is 1. The summed E-state index contributed by atoms with van der Waals surface area (Å²) in [7, 11) is -4.14. The van der Waals surface area contributed by atoms with Crippen LogP contribution in [-0.4, -0.2) is 38.9 Å². The number of rotatable bonds is 7. The third-order valence-electron chi connectivity index (χ3n) is 4.94. The number of amides is 2. The Morgan fingerprint density at radius 3 is 2.47 bits per heavy atom. The minimum Gasteiger partial charge on any atom is -0.452 e. The van der Waals surface area contributed by atoms with Gasteiger partial charge in [-0.05, 0) is 43.2 Å². The summed E-state index contributed by atoms with van der Waals surface area (Å²) in [5.41, 5.74) is 0.448. The molecule has 11 heteroatoms. The van der Waals surface area contributed by atoms with Crippen molar-refractivity contribution in [2.24, 2.45) is 5.14 Å². The van der Waals surface area contributed by atoms with Crippen LogP contribution in [0.5, 0.6) is 0 Å². The molecule has 2 aromatic carbocycles. The summed E-state index contributed by atoms with van der Waals surface area (Å²) >= 11 is 5.79. The van der Waals surface area contributed by atoms with E-state index in [1.165, 1.54) is 12.1 Å². The van der Waals surface area contributed by atoms with E-state index >= 15 is 0 Å². The number of hydrogen-bond acceptors (Lipinski definition) is 6. The van der Waals surface area contributed by atoms with Gasteiger partial charge in [-0.25, -0.2) is 18.4 Å². The molecule has 1 saturated carbocycles. The van der Waals surface area contributed by atoms with E-state index in [4.69, 9.17) is 21.5 Å². The molecule has 0 saturated heterocycles. The number of carbonyl (C=O) groups is 3. The molecule has 2 amide bonds. The van der Waals surface area contributed by atoms with Crippen molar-refractivity contribution in [3.63, 3.8) is 0 Å². The first kappa shape index (κ1) is 23.7. The van der Waals surface area contributed by atoms with Gasteiger partial charge >= 0.3 is 5.97 Å². The van der Waals surface area contributed by atoms with Crippen molar-refractivity contribution in [1.82, 2.24) is 5.32 Å². The summed E-state index contributed by atoms with van der Waals surface area (Å²) in [4.78, 5) is 36.7. The maximum Gasteiger partial charge on any atom is 0.338 e. The molecular formula is C21H22ClN3O6S. The predicted octanol–water partition coefficient (Wildman–Crippen LogP) is 2.46. The fourth-order valence-electron chi connectivity index (χ4n) is 3.37. The van der Waals surface area contributed by atoms with Gasteiger partial charge in [-0.15, -0.1) is 0 Å². The monoisotopic (exact) mass is 479 g/mol. The van der Waals surface area contributed by atoms with Gasteiger partial charge in [0.25, 0.3) is 11.8 Å². The first-order valence-corrected chi connectivity index (χ1v) is 11.8. The number of halogens is 1. The lowest BCUT2D eigenvalue weighted by atomic mass is 10.1. The molecule has 0 unspecified atom stereocenters. The summed E-state index contributed by atoms with van der Waals surface area (Å²) in [5.74, 6) is -1.89. The Morgan fingerprint density at radius 1 is 1.09 bits per heavy atom. The van der Waals surface area contributed by atoms with Gasteiger partial charge in [0.1, 0.15) is 4.90 Å². The van der Waals surface area contributed by atoms with Crippen LogP contribution in [0.4, 0.5) is 5.69 Å². The molecular weight excluding hydrogens is 458 g/mol. The van der Waals surface area contributed by atoms with Crippen LogP contribution >= 0.6 is 11.6 Å². The van der Waals surface area contributed by atoms with Crippen LogP contribution in [0.3, 0.4) is 0 Å². The predicted molar refractivity (Wildman–Crippen MR) is 118 cm³/mol. The van der Waals surface area contributed by atoms with E-state index in [2.05, 4.69) is 10.6 Å². The second-order valence-electron chi connectivity index (χ2n) is 7.31. The number of benzene rings is 2. The van der Waals surface area contributed by atoms with Crippen LogP contribution in [0, 0.1) is 0 Å². The molecule has 0 aromatic heterocycles. The Hall–Kier alpha value is -2.95. The molecule has 170 valence electrons. The third kappa shape index (κ3) is 6.06. The first-order chi connectivity index (χ1) is 15.1. The number of primary sulfonamides is 1. The highest BCUT2D eigenvalue weighted by Crippen LogP contribution is 2.22. The minimum atomic E-state index is -4.14. The van der Waals surface area contributed by atoms with E-state index in [1.807, 2.05) is 0 Å². The quantitative estimate of drug-likeness (QED) is 0.520. The number of sulfonamides is 1. The number of anilines is 1. The zero-order valence-electron chi connectivity index (χ0n) is 17.0. The van der Waals surface area contributed by atoms with E-state index in [0.29, 0.717) is 5.56 Å². The number of carbonyl (C=O) groups excluding carboxylic acids is 3. The lowest BCUT2D eigenvalue weighted by Gasteiger charge is -2.15. The van der Waals surface area contributed by atoms with Crippen LogP contribution in [0.25, 0.3) is 0 Å². The summed E-state index contributed by atoms with van der Waals surface area (Å²) in [6, 6.07) is 10.0. The van der Waals surface area contributed by atoms with Crippen molar-refractivity contribution in [3.05, 3.63) is 58.6 Å². The van der Waals surface area contributed by atoms with E-state index in [1.54, 1.807) is 24.3 Å². The molecule has 32 heavy (non-hydrogen) atoms. The van der Waals surface area contributed by atoms with Crippen molar-refractivity contribution in [1.29, 1.82) is 0 Å². The van der Waals surface area contributed by atoms with E-state index in [-0.39, 0.29) is 28.2 Å². The number of nitrogens with one attached hydrogen (secondary N) is 2. The Balaban J connectivity index is 1.62. The molecule has 0 bridgehead atoms. The molecule has 3 rings (SSSR count). The zero-order valence-corrected chi connectivity index (χ0v) is 18.5. The molecule has 9 nitrogen and oxygen atoms in total. The van der Waals surface area contributed by atoms with E-state index < -0.39 is 33.4 Å². The molecule has 0 aliphatic heterocycles. The molecule has 0 atom stereocenters. The lowest BCUT2D eigenvalue weighted by molar-refractivity contribution is -0.119. The lowest BCUT2D eigenvalue weighted by Crippen LogP contribution is -2.33. The maximum atomic E-state index is 12.6. The molecule has 1 fully saturated rings. The van der Waals surface area contributed by atoms with Gasteiger partial charge in [-0.3, -0.25) is 9.59 Å². The number of ether oxygens (including phenoxy) is 1. The van der Waals surface area contributed by atoms with Gasteiger partial charge in [0.05, 0.1) is 21.8 Å². The fraction of sp³-hybridized carbons (Fsp3) is 0.286. The molecule has 0 heterocycles. The van der Waals surface area contributed by atoms with Gasteiger partial charge < -0.3 is 15.4 Å². The van der Waals surface area contributed by atoms with Crippen molar-refractivity contribution >= 4 is 45.1 Å². The standard InChI is InChI=1S/C21H22ClN3O6S/c22-16-10-9-13(11-18(16)32(23,29)30)21(28)31-12-19(26)25-17-8-4-3-7-15(17)20(27)24-14-5-1-2-6-14/h3-4,7-11,14H,1-2,5-6,12H2,(H,24,27)(H,25,26)(H2,23,29,30). The van der Waals surface area contributed by atoms with Gasteiger partial charge in [0, 0.05) is 6.04 Å². The topological polar surface area (TPSA) is 145 Å². The first-order valence-electron chi connectivity index (χ1n) is 9.84. The average Bonchev–Trinajstić information content (AvgIpc) is 3.25. The summed E-state index contributed by atoms with van der Waals surface area (Å²) in [5, 5.41) is 10.4.